The van der Waals surface area contributed by atoms with Crippen LogP contribution in [-0.2, 0) is 35.8 Å². The van der Waals surface area contributed by atoms with Crippen molar-refractivity contribution in [3.63, 3.8) is 0 Å². The van der Waals surface area contributed by atoms with Crippen LogP contribution in [0.15, 0.2) is 46.9 Å². The SMILES string of the molecule is CCOC(=O)C[C@@H]1C#CCc2cc(CCCc3c(C)nc(-c4ccc(Br)cc4)n3C)ccc21. The van der Waals surface area contributed by atoms with E-state index < -0.39 is 0 Å². The molecule has 5 heteroatoms. The predicted octanol–water partition coefficient (Wildman–Crippen LogP) is 5.93. The Morgan fingerprint density at radius 3 is 2.76 bits per heavy atom. The summed E-state index contributed by atoms with van der Waals surface area (Å²) in [7, 11) is 2.11. The minimum atomic E-state index is -0.178. The lowest BCUT2D eigenvalue weighted by Gasteiger charge is -2.18. The van der Waals surface area contributed by atoms with Crippen molar-refractivity contribution in [2.75, 3.05) is 6.61 Å². The van der Waals surface area contributed by atoms with E-state index in [0.29, 0.717) is 13.0 Å². The number of imidazole rings is 1. The second-order valence-corrected chi connectivity index (χ2v) is 9.40. The minimum absolute atomic E-state index is 0.0593. The molecule has 4 rings (SSSR count). The molecule has 0 radical (unpaired) electrons. The van der Waals surface area contributed by atoms with Gasteiger partial charge in [-0.1, -0.05) is 58.1 Å². The van der Waals surface area contributed by atoms with E-state index in [1.54, 1.807) is 0 Å². The highest BCUT2D eigenvalue weighted by molar-refractivity contribution is 9.10. The normalized spacial score (nSPS) is 14.4. The summed E-state index contributed by atoms with van der Waals surface area (Å²) in [5, 5.41) is 0. The van der Waals surface area contributed by atoms with Gasteiger partial charge in [0.2, 0.25) is 0 Å². The van der Waals surface area contributed by atoms with Crippen molar-refractivity contribution < 1.29 is 9.53 Å². The van der Waals surface area contributed by atoms with Crippen LogP contribution < -0.4 is 0 Å². The summed E-state index contributed by atoms with van der Waals surface area (Å²) >= 11 is 3.50. The van der Waals surface area contributed by atoms with Crippen molar-refractivity contribution in [1.82, 2.24) is 9.55 Å². The van der Waals surface area contributed by atoms with Gasteiger partial charge in [0, 0.05) is 29.2 Å². The standard InChI is InChI=1S/C28H29BrN2O2/c1-4-33-27(32)18-23-9-6-8-22-17-20(11-16-25(22)23)7-5-10-26-19(2)30-28(31(26)3)21-12-14-24(29)15-13-21/h11-17,23H,4-5,7-8,10,18H2,1-3H3/t23-/m0/s1. The van der Waals surface area contributed by atoms with Crippen LogP contribution in [0.1, 0.15) is 53.8 Å². The molecule has 1 aliphatic rings. The molecule has 2 aromatic carbocycles. The second kappa shape index (κ2) is 10.4. The van der Waals surface area contributed by atoms with E-state index in [2.05, 4.69) is 88.8 Å². The Morgan fingerprint density at radius 1 is 1.21 bits per heavy atom. The van der Waals surface area contributed by atoms with Crippen molar-refractivity contribution in [2.24, 2.45) is 7.05 Å². The zero-order valence-electron chi connectivity index (χ0n) is 19.5. The van der Waals surface area contributed by atoms with Crippen LogP contribution in [0.25, 0.3) is 11.4 Å². The summed E-state index contributed by atoms with van der Waals surface area (Å²) in [6, 6.07) is 14.9. The van der Waals surface area contributed by atoms with Gasteiger partial charge < -0.3 is 9.30 Å². The largest absolute Gasteiger partial charge is 0.466 e. The number of halogens is 1. The van der Waals surface area contributed by atoms with Gasteiger partial charge in [-0.25, -0.2) is 4.98 Å². The summed E-state index contributed by atoms with van der Waals surface area (Å²) in [6.07, 6.45) is 4.11. The molecule has 3 aromatic rings. The number of carbonyl (C=O) groups is 1. The van der Waals surface area contributed by atoms with Crippen molar-refractivity contribution >= 4 is 21.9 Å². The Bertz CT molecular complexity index is 1220. The molecule has 0 bridgehead atoms. The van der Waals surface area contributed by atoms with Crippen LogP contribution in [-0.4, -0.2) is 22.1 Å². The van der Waals surface area contributed by atoms with E-state index >= 15 is 0 Å². The van der Waals surface area contributed by atoms with Gasteiger partial charge in [-0.05, 0) is 61.9 Å². The molecule has 0 spiro atoms. The third-order valence-corrected chi connectivity index (χ3v) is 6.74. The summed E-state index contributed by atoms with van der Waals surface area (Å²) in [6.45, 7) is 4.34. The number of esters is 1. The first-order chi connectivity index (χ1) is 16.0. The molecule has 1 atom stereocenters. The van der Waals surface area contributed by atoms with Crippen LogP contribution in [0.3, 0.4) is 0 Å². The molecular formula is C28H29BrN2O2. The number of aromatic nitrogens is 2. The molecule has 0 fully saturated rings. The van der Waals surface area contributed by atoms with Crippen LogP contribution in [0.2, 0.25) is 0 Å². The maximum atomic E-state index is 11.9. The van der Waals surface area contributed by atoms with Gasteiger partial charge in [0.05, 0.1) is 24.6 Å². The minimum Gasteiger partial charge on any atom is -0.466 e. The van der Waals surface area contributed by atoms with E-state index in [-0.39, 0.29) is 11.9 Å². The number of fused-ring (bicyclic) bond motifs is 1. The van der Waals surface area contributed by atoms with Crippen molar-refractivity contribution in [3.8, 4) is 23.2 Å². The molecule has 4 nitrogen and oxygen atoms in total. The Hall–Kier alpha value is -2.84. The molecule has 0 amide bonds. The zero-order valence-corrected chi connectivity index (χ0v) is 21.0. The average molecular weight is 505 g/mol. The molecule has 0 unspecified atom stereocenters. The van der Waals surface area contributed by atoms with Crippen molar-refractivity contribution in [3.05, 3.63) is 75.0 Å². The highest BCUT2D eigenvalue weighted by Gasteiger charge is 2.20. The van der Waals surface area contributed by atoms with E-state index in [1.165, 1.54) is 22.4 Å². The Labute approximate surface area is 204 Å². The van der Waals surface area contributed by atoms with Gasteiger partial charge in [0.25, 0.3) is 0 Å². The summed E-state index contributed by atoms with van der Waals surface area (Å²) in [5.41, 5.74) is 7.25. The van der Waals surface area contributed by atoms with E-state index in [9.17, 15) is 4.79 Å². The third-order valence-electron chi connectivity index (χ3n) is 6.21. The van der Waals surface area contributed by atoms with Gasteiger partial charge >= 0.3 is 5.97 Å². The molecule has 0 aliphatic heterocycles. The Balaban J connectivity index is 1.41. The first kappa shape index (κ1) is 23.3. The molecule has 0 N–H and O–H groups in total. The van der Waals surface area contributed by atoms with E-state index in [1.807, 2.05) is 6.92 Å². The van der Waals surface area contributed by atoms with Crippen molar-refractivity contribution in [2.45, 2.75) is 51.9 Å². The molecule has 33 heavy (non-hydrogen) atoms. The van der Waals surface area contributed by atoms with Gasteiger partial charge in [-0.3, -0.25) is 4.79 Å². The molecular weight excluding hydrogens is 476 g/mol. The second-order valence-electron chi connectivity index (χ2n) is 8.48. The van der Waals surface area contributed by atoms with Gasteiger partial charge in [-0.2, -0.15) is 0 Å². The average Bonchev–Trinajstić information content (AvgIpc) is 3.08. The predicted molar refractivity (Wildman–Crippen MR) is 135 cm³/mol. The molecule has 170 valence electrons. The van der Waals surface area contributed by atoms with Gasteiger partial charge in [0.1, 0.15) is 5.82 Å². The van der Waals surface area contributed by atoms with Crippen LogP contribution >= 0.6 is 15.9 Å². The van der Waals surface area contributed by atoms with Crippen LogP contribution in [0, 0.1) is 18.8 Å². The van der Waals surface area contributed by atoms with E-state index in [0.717, 1.165) is 47.2 Å². The summed E-state index contributed by atoms with van der Waals surface area (Å²) in [5.74, 6) is 7.20. The lowest BCUT2D eigenvalue weighted by Crippen LogP contribution is -2.13. The smallest absolute Gasteiger partial charge is 0.307 e. The first-order valence-corrected chi connectivity index (χ1v) is 12.3. The topological polar surface area (TPSA) is 44.1 Å². The zero-order chi connectivity index (χ0) is 23.4. The number of benzene rings is 2. The first-order valence-electron chi connectivity index (χ1n) is 11.5. The van der Waals surface area contributed by atoms with Crippen LogP contribution in [0.4, 0.5) is 0 Å². The summed E-state index contributed by atoms with van der Waals surface area (Å²) in [4.78, 5) is 16.8. The maximum absolute atomic E-state index is 11.9. The lowest BCUT2D eigenvalue weighted by molar-refractivity contribution is -0.143. The highest BCUT2D eigenvalue weighted by Crippen LogP contribution is 2.29. The highest BCUT2D eigenvalue weighted by atomic mass is 79.9. The Kier molecular flexibility index (Phi) is 7.35. The third kappa shape index (κ3) is 5.39. The fraction of sp³-hybridized carbons (Fsp3) is 0.357. The molecule has 0 saturated carbocycles. The summed E-state index contributed by atoms with van der Waals surface area (Å²) < 4.78 is 8.41. The fourth-order valence-electron chi connectivity index (χ4n) is 4.54. The number of hydrogen-bond acceptors (Lipinski definition) is 3. The maximum Gasteiger partial charge on any atom is 0.307 e. The molecule has 1 heterocycles. The van der Waals surface area contributed by atoms with Gasteiger partial charge in [-0.15, -0.1) is 0 Å². The fourth-order valence-corrected chi connectivity index (χ4v) is 4.80. The van der Waals surface area contributed by atoms with E-state index in [4.69, 9.17) is 9.72 Å². The number of hydrogen-bond donors (Lipinski definition) is 0. The van der Waals surface area contributed by atoms with Crippen LogP contribution in [0.5, 0.6) is 0 Å². The Morgan fingerprint density at radius 2 is 2.00 bits per heavy atom. The van der Waals surface area contributed by atoms with Gasteiger partial charge in [0.15, 0.2) is 0 Å². The molecule has 0 saturated heterocycles. The number of rotatable bonds is 8. The quantitative estimate of drug-likeness (QED) is 0.282. The van der Waals surface area contributed by atoms with Crippen molar-refractivity contribution in [1.29, 1.82) is 0 Å². The number of ether oxygens (including phenoxy) is 1. The number of aryl methyl sites for hydroxylation is 2. The lowest BCUT2D eigenvalue weighted by atomic mass is 9.86. The number of carbonyl (C=O) groups excluding carboxylic acids is 1. The number of nitrogens with zero attached hydrogens (tertiary/aromatic N) is 2. The molecule has 1 aliphatic carbocycles. The molecule has 1 aromatic heterocycles. The monoisotopic (exact) mass is 504 g/mol.